The summed E-state index contributed by atoms with van der Waals surface area (Å²) in [5.41, 5.74) is 2.68. The van der Waals surface area contributed by atoms with Crippen molar-refractivity contribution in [1.29, 1.82) is 0 Å². The summed E-state index contributed by atoms with van der Waals surface area (Å²) in [6.07, 6.45) is 5.43. The molecule has 4 rings (SSSR count). The summed E-state index contributed by atoms with van der Waals surface area (Å²) >= 11 is 0. The molecule has 1 heterocycles. The molecular weight excluding hydrogens is 270 g/mol. The molecule has 1 aliphatic rings. The summed E-state index contributed by atoms with van der Waals surface area (Å²) in [5, 5.41) is 4.67. The Labute approximate surface area is 130 Å². The van der Waals surface area contributed by atoms with E-state index >= 15 is 0 Å². The van der Waals surface area contributed by atoms with E-state index < -0.39 is 0 Å². The van der Waals surface area contributed by atoms with Gasteiger partial charge in [0.05, 0.1) is 5.52 Å². The van der Waals surface area contributed by atoms with Gasteiger partial charge < -0.3 is 5.32 Å². The fourth-order valence-corrected chi connectivity index (χ4v) is 3.36. The first-order chi connectivity index (χ1) is 10.9. The lowest BCUT2D eigenvalue weighted by Crippen LogP contribution is -2.41. The third kappa shape index (κ3) is 2.23. The number of nitrogens with one attached hydrogen (secondary N) is 1. The van der Waals surface area contributed by atoms with Crippen molar-refractivity contribution in [3.8, 4) is 0 Å². The summed E-state index contributed by atoms with van der Waals surface area (Å²) in [6, 6.07) is 19.0. The molecule has 1 aromatic heterocycles. The highest BCUT2D eigenvalue weighted by atomic mass is 15.0. The van der Waals surface area contributed by atoms with Gasteiger partial charge in [-0.1, -0.05) is 48.9 Å². The van der Waals surface area contributed by atoms with Crippen LogP contribution in [0.2, 0.25) is 0 Å². The van der Waals surface area contributed by atoms with Crippen molar-refractivity contribution in [2.75, 3.05) is 11.9 Å². The summed E-state index contributed by atoms with van der Waals surface area (Å²) in [5.74, 6) is 0.938. The van der Waals surface area contributed by atoms with E-state index in [4.69, 9.17) is 0 Å². The lowest BCUT2D eigenvalue weighted by Gasteiger charge is -2.42. The Morgan fingerprint density at radius 1 is 0.909 bits per heavy atom. The van der Waals surface area contributed by atoms with E-state index in [2.05, 4.69) is 51.7 Å². The van der Waals surface area contributed by atoms with Crippen LogP contribution < -0.4 is 5.32 Å². The maximum absolute atomic E-state index is 4.44. The molecule has 0 atom stereocenters. The highest BCUT2D eigenvalue weighted by Gasteiger charge is 2.38. The molecule has 0 aliphatic heterocycles. The second kappa shape index (κ2) is 5.41. The minimum absolute atomic E-state index is 0.257. The predicted molar refractivity (Wildman–Crippen MR) is 90.0 cm³/mol. The zero-order valence-corrected chi connectivity index (χ0v) is 12.5. The topological polar surface area (TPSA) is 37.8 Å². The summed E-state index contributed by atoms with van der Waals surface area (Å²) in [7, 11) is 0. The molecule has 1 saturated carbocycles. The molecule has 0 unspecified atom stereocenters. The fraction of sp³-hybridized carbons (Fsp3) is 0.263. The van der Waals surface area contributed by atoms with Crippen molar-refractivity contribution in [2.45, 2.75) is 24.7 Å². The molecule has 3 heteroatoms. The van der Waals surface area contributed by atoms with Gasteiger partial charge in [0.2, 0.25) is 0 Å². The van der Waals surface area contributed by atoms with Crippen molar-refractivity contribution in [1.82, 2.24) is 9.97 Å². The van der Waals surface area contributed by atoms with Gasteiger partial charge in [-0.25, -0.2) is 9.97 Å². The van der Waals surface area contributed by atoms with E-state index in [9.17, 15) is 0 Å². The monoisotopic (exact) mass is 289 g/mol. The Balaban J connectivity index is 1.61. The zero-order valence-electron chi connectivity index (χ0n) is 12.5. The van der Waals surface area contributed by atoms with Gasteiger partial charge in [-0.05, 0) is 30.5 Å². The van der Waals surface area contributed by atoms with Gasteiger partial charge in [0.25, 0.3) is 0 Å². The number of fused-ring (bicyclic) bond motifs is 1. The molecule has 1 N–H and O–H groups in total. The molecule has 0 amide bonds. The van der Waals surface area contributed by atoms with E-state index in [0.717, 1.165) is 23.3 Å². The second-order valence-corrected chi connectivity index (χ2v) is 6.09. The van der Waals surface area contributed by atoms with Crippen LogP contribution in [0.25, 0.3) is 10.9 Å². The smallest absolute Gasteiger partial charge is 0.137 e. The second-order valence-electron chi connectivity index (χ2n) is 6.09. The fourth-order valence-electron chi connectivity index (χ4n) is 3.36. The SMILES string of the molecule is c1ccc(C2(CNc3ncnc4ccccc34)CCC2)cc1. The number of nitrogens with zero attached hydrogens (tertiary/aromatic N) is 2. The molecule has 0 spiro atoms. The van der Waals surface area contributed by atoms with Crippen LogP contribution in [0.5, 0.6) is 0 Å². The van der Waals surface area contributed by atoms with E-state index in [0.29, 0.717) is 0 Å². The van der Waals surface area contributed by atoms with Crippen LogP contribution in [0.1, 0.15) is 24.8 Å². The lowest BCUT2D eigenvalue weighted by atomic mass is 9.64. The number of hydrogen-bond donors (Lipinski definition) is 1. The first-order valence-electron chi connectivity index (χ1n) is 7.87. The zero-order chi connectivity index (χ0) is 14.8. The molecular formula is C19H19N3. The molecule has 0 saturated heterocycles. The minimum Gasteiger partial charge on any atom is -0.369 e. The molecule has 3 aromatic rings. The number of anilines is 1. The predicted octanol–water partition coefficient (Wildman–Crippen LogP) is 4.16. The van der Waals surface area contributed by atoms with Gasteiger partial charge in [0.1, 0.15) is 12.1 Å². The van der Waals surface area contributed by atoms with Gasteiger partial charge in [-0.15, -0.1) is 0 Å². The standard InChI is InChI=1S/C19H19N3/c1-2-7-15(8-3-1)19(11-6-12-19)13-20-18-16-9-4-5-10-17(16)21-14-22-18/h1-5,7-10,14H,6,11-13H2,(H,20,21,22). The van der Waals surface area contributed by atoms with E-state index in [1.54, 1.807) is 6.33 Å². The first-order valence-corrected chi connectivity index (χ1v) is 7.87. The van der Waals surface area contributed by atoms with Crippen LogP contribution in [0.3, 0.4) is 0 Å². The molecule has 0 bridgehead atoms. The average molecular weight is 289 g/mol. The van der Waals surface area contributed by atoms with Crippen LogP contribution in [0.15, 0.2) is 60.9 Å². The van der Waals surface area contributed by atoms with Crippen LogP contribution in [0, 0.1) is 0 Å². The Hall–Kier alpha value is -2.42. The van der Waals surface area contributed by atoms with E-state index in [1.165, 1.54) is 24.8 Å². The van der Waals surface area contributed by atoms with Crippen LogP contribution >= 0.6 is 0 Å². The molecule has 1 fully saturated rings. The van der Waals surface area contributed by atoms with Crippen molar-refractivity contribution < 1.29 is 0 Å². The third-order valence-electron chi connectivity index (χ3n) is 4.83. The maximum atomic E-state index is 4.44. The van der Waals surface area contributed by atoms with E-state index in [1.807, 2.05) is 18.2 Å². The quantitative estimate of drug-likeness (QED) is 0.783. The summed E-state index contributed by atoms with van der Waals surface area (Å²) in [4.78, 5) is 8.77. The number of para-hydroxylation sites is 1. The maximum Gasteiger partial charge on any atom is 0.137 e. The molecule has 3 nitrogen and oxygen atoms in total. The highest BCUT2D eigenvalue weighted by Crippen LogP contribution is 2.43. The van der Waals surface area contributed by atoms with E-state index in [-0.39, 0.29) is 5.41 Å². The van der Waals surface area contributed by atoms with Gasteiger partial charge in [0.15, 0.2) is 0 Å². The number of benzene rings is 2. The Morgan fingerprint density at radius 3 is 2.45 bits per heavy atom. The van der Waals surface area contributed by atoms with Crippen molar-refractivity contribution >= 4 is 16.7 Å². The molecule has 1 aliphatic carbocycles. The first kappa shape index (κ1) is 13.3. The van der Waals surface area contributed by atoms with Crippen molar-refractivity contribution in [2.24, 2.45) is 0 Å². The van der Waals surface area contributed by atoms with Crippen molar-refractivity contribution in [3.05, 3.63) is 66.5 Å². The van der Waals surface area contributed by atoms with Gasteiger partial charge in [-0.2, -0.15) is 0 Å². The minimum atomic E-state index is 0.257. The van der Waals surface area contributed by atoms with Crippen LogP contribution in [-0.4, -0.2) is 16.5 Å². The summed E-state index contributed by atoms with van der Waals surface area (Å²) in [6.45, 7) is 0.929. The number of hydrogen-bond acceptors (Lipinski definition) is 3. The molecule has 0 radical (unpaired) electrons. The largest absolute Gasteiger partial charge is 0.369 e. The Bertz CT molecular complexity index is 774. The molecule has 110 valence electrons. The van der Waals surface area contributed by atoms with Crippen LogP contribution in [-0.2, 0) is 5.41 Å². The normalized spacial score (nSPS) is 16.2. The van der Waals surface area contributed by atoms with Gasteiger partial charge >= 0.3 is 0 Å². The number of aromatic nitrogens is 2. The Morgan fingerprint density at radius 2 is 1.68 bits per heavy atom. The van der Waals surface area contributed by atoms with Crippen LogP contribution in [0.4, 0.5) is 5.82 Å². The molecule has 22 heavy (non-hydrogen) atoms. The lowest BCUT2D eigenvalue weighted by molar-refractivity contribution is 0.260. The Kier molecular flexibility index (Phi) is 3.26. The van der Waals surface area contributed by atoms with Crippen molar-refractivity contribution in [3.63, 3.8) is 0 Å². The average Bonchev–Trinajstić information content (AvgIpc) is 2.55. The third-order valence-corrected chi connectivity index (χ3v) is 4.83. The number of rotatable bonds is 4. The highest BCUT2D eigenvalue weighted by molar-refractivity contribution is 5.88. The van der Waals surface area contributed by atoms with Gasteiger partial charge in [-0.3, -0.25) is 0 Å². The van der Waals surface area contributed by atoms with Gasteiger partial charge in [0, 0.05) is 17.3 Å². The summed E-state index contributed by atoms with van der Waals surface area (Å²) < 4.78 is 0. The molecule has 2 aromatic carbocycles.